The lowest BCUT2D eigenvalue weighted by molar-refractivity contribution is 0.138. The summed E-state index contributed by atoms with van der Waals surface area (Å²) in [5.74, 6) is 0.200. The SMILES string of the molecule is CCCC(O)C(C)c1ccccc1Br. The fourth-order valence-electron chi connectivity index (χ4n) is 1.60. The quantitative estimate of drug-likeness (QED) is 0.871. The molecular formula is C12H17BrO. The van der Waals surface area contributed by atoms with Crippen molar-refractivity contribution in [3.63, 3.8) is 0 Å². The van der Waals surface area contributed by atoms with Crippen molar-refractivity contribution in [2.45, 2.75) is 38.7 Å². The maximum Gasteiger partial charge on any atom is 0.0606 e. The zero-order valence-electron chi connectivity index (χ0n) is 8.70. The van der Waals surface area contributed by atoms with Crippen molar-refractivity contribution in [3.8, 4) is 0 Å². The highest BCUT2D eigenvalue weighted by Gasteiger charge is 2.16. The van der Waals surface area contributed by atoms with E-state index in [-0.39, 0.29) is 12.0 Å². The molecule has 0 amide bonds. The molecule has 0 saturated carbocycles. The second kappa shape index (κ2) is 5.52. The molecular weight excluding hydrogens is 240 g/mol. The van der Waals surface area contributed by atoms with Gasteiger partial charge in [-0.1, -0.05) is 54.4 Å². The fourth-order valence-corrected chi connectivity index (χ4v) is 2.24. The van der Waals surface area contributed by atoms with Crippen LogP contribution in [0.1, 0.15) is 38.2 Å². The molecule has 78 valence electrons. The summed E-state index contributed by atoms with van der Waals surface area (Å²) in [6, 6.07) is 8.08. The fraction of sp³-hybridized carbons (Fsp3) is 0.500. The molecule has 0 radical (unpaired) electrons. The number of aliphatic hydroxyl groups is 1. The Kier molecular flexibility index (Phi) is 4.63. The van der Waals surface area contributed by atoms with Gasteiger partial charge < -0.3 is 5.11 Å². The topological polar surface area (TPSA) is 20.2 Å². The van der Waals surface area contributed by atoms with Gasteiger partial charge in [0.1, 0.15) is 0 Å². The standard InChI is InChI=1S/C12H17BrO/c1-3-6-12(14)9(2)10-7-4-5-8-11(10)13/h4-5,7-9,12,14H,3,6H2,1-2H3. The highest BCUT2D eigenvalue weighted by atomic mass is 79.9. The molecule has 0 saturated heterocycles. The van der Waals surface area contributed by atoms with Crippen molar-refractivity contribution in [1.29, 1.82) is 0 Å². The van der Waals surface area contributed by atoms with Crippen LogP contribution in [-0.4, -0.2) is 11.2 Å². The zero-order valence-corrected chi connectivity index (χ0v) is 10.3. The van der Waals surface area contributed by atoms with Crippen LogP contribution in [0.3, 0.4) is 0 Å². The van der Waals surface area contributed by atoms with Crippen LogP contribution in [0, 0.1) is 0 Å². The minimum absolute atomic E-state index is 0.200. The maximum atomic E-state index is 9.87. The lowest BCUT2D eigenvalue weighted by Crippen LogP contribution is -2.15. The summed E-state index contributed by atoms with van der Waals surface area (Å²) < 4.78 is 1.09. The van der Waals surface area contributed by atoms with E-state index in [1.807, 2.05) is 18.2 Å². The first-order valence-corrected chi connectivity index (χ1v) is 5.88. The predicted molar refractivity (Wildman–Crippen MR) is 63.5 cm³/mol. The summed E-state index contributed by atoms with van der Waals surface area (Å²) in [7, 11) is 0. The van der Waals surface area contributed by atoms with E-state index in [4.69, 9.17) is 0 Å². The Bertz CT molecular complexity index is 285. The zero-order chi connectivity index (χ0) is 10.6. The van der Waals surface area contributed by atoms with Gasteiger partial charge in [0.05, 0.1) is 6.10 Å². The molecule has 0 aliphatic rings. The Labute approximate surface area is 94.3 Å². The summed E-state index contributed by atoms with van der Waals surface area (Å²) in [5, 5.41) is 9.87. The molecule has 0 spiro atoms. The predicted octanol–water partition coefficient (Wildman–Crippen LogP) is 3.71. The first kappa shape index (κ1) is 11.7. The van der Waals surface area contributed by atoms with Gasteiger partial charge in [-0.15, -0.1) is 0 Å². The molecule has 1 aromatic carbocycles. The first-order valence-electron chi connectivity index (χ1n) is 5.09. The summed E-state index contributed by atoms with van der Waals surface area (Å²) in [4.78, 5) is 0. The molecule has 0 fully saturated rings. The van der Waals surface area contributed by atoms with Gasteiger partial charge in [-0.25, -0.2) is 0 Å². The molecule has 0 aliphatic heterocycles. The average Bonchev–Trinajstić information content (AvgIpc) is 2.18. The van der Waals surface area contributed by atoms with Crippen LogP contribution in [0.15, 0.2) is 28.7 Å². The molecule has 0 aromatic heterocycles. The number of aliphatic hydroxyl groups excluding tert-OH is 1. The van der Waals surface area contributed by atoms with Crippen molar-refractivity contribution in [1.82, 2.24) is 0 Å². The molecule has 2 atom stereocenters. The van der Waals surface area contributed by atoms with Crippen molar-refractivity contribution < 1.29 is 5.11 Å². The normalized spacial score (nSPS) is 15.1. The monoisotopic (exact) mass is 256 g/mol. The third-order valence-electron chi connectivity index (χ3n) is 2.56. The molecule has 2 heteroatoms. The Balaban J connectivity index is 2.78. The summed E-state index contributed by atoms with van der Waals surface area (Å²) in [5.41, 5.74) is 1.19. The van der Waals surface area contributed by atoms with Gasteiger partial charge in [0, 0.05) is 10.4 Å². The lowest BCUT2D eigenvalue weighted by Gasteiger charge is -2.19. The Morgan fingerprint density at radius 1 is 1.36 bits per heavy atom. The van der Waals surface area contributed by atoms with Crippen LogP contribution in [0.2, 0.25) is 0 Å². The van der Waals surface area contributed by atoms with Crippen LogP contribution in [0.5, 0.6) is 0 Å². The van der Waals surface area contributed by atoms with Gasteiger partial charge >= 0.3 is 0 Å². The van der Waals surface area contributed by atoms with Crippen molar-refractivity contribution in [2.24, 2.45) is 0 Å². The summed E-state index contributed by atoms with van der Waals surface area (Å²) in [6.07, 6.45) is 1.65. The van der Waals surface area contributed by atoms with Crippen LogP contribution in [0.25, 0.3) is 0 Å². The third-order valence-corrected chi connectivity index (χ3v) is 3.28. The molecule has 2 unspecified atom stereocenters. The highest BCUT2D eigenvalue weighted by molar-refractivity contribution is 9.10. The molecule has 1 aromatic rings. The number of halogens is 1. The maximum absolute atomic E-state index is 9.87. The van der Waals surface area contributed by atoms with E-state index < -0.39 is 0 Å². The van der Waals surface area contributed by atoms with Crippen molar-refractivity contribution >= 4 is 15.9 Å². The van der Waals surface area contributed by atoms with Gasteiger partial charge in [-0.3, -0.25) is 0 Å². The van der Waals surface area contributed by atoms with Gasteiger partial charge in [0.25, 0.3) is 0 Å². The molecule has 1 rings (SSSR count). The van der Waals surface area contributed by atoms with Crippen LogP contribution in [-0.2, 0) is 0 Å². The van der Waals surface area contributed by atoms with Crippen molar-refractivity contribution in [2.75, 3.05) is 0 Å². The van der Waals surface area contributed by atoms with E-state index in [1.54, 1.807) is 0 Å². The van der Waals surface area contributed by atoms with E-state index >= 15 is 0 Å². The minimum atomic E-state index is -0.237. The molecule has 14 heavy (non-hydrogen) atoms. The van der Waals surface area contributed by atoms with E-state index in [0.717, 1.165) is 17.3 Å². The average molecular weight is 257 g/mol. The largest absolute Gasteiger partial charge is 0.393 e. The van der Waals surface area contributed by atoms with Crippen molar-refractivity contribution in [3.05, 3.63) is 34.3 Å². The van der Waals surface area contributed by atoms with E-state index in [1.165, 1.54) is 5.56 Å². The molecule has 0 heterocycles. The number of benzene rings is 1. The van der Waals surface area contributed by atoms with Crippen LogP contribution < -0.4 is 0 Å². The van der Waals surface area contributed by atoms with E-state index in [0.29, 0.717) is 0 Å². The van der Waals surface area contributed by atoms with E-state index in [9.17, 15) is 5.11 Å². The Morgan fingerprint density at radius 3 is 2.57 bits per heavy atom. The summed E-state index contributed by atoms with van der Waals surface area (Å²) >= 11 is 3.51. The number of hydrogen-bond acceptors (Lipinski definition) is 1. The second-order valence-corrected chi connectivity index (χ2v) is 4.52. The smallest absolute Gasteiger partial charge is 0.0606 e. The number of rotatable bonds is 4. The Morgan fingerprint density at radius 2 is 2.00 bits per heavy atom. The van der Waals surface area contributed by atoms with Crippen LogP contribution in [0.4, 0.5) is 0 Å². The van der Waals surface area contributed by atoms with E-state index in [2.05, 4.69) is 35.8 Å². The Hall–Kier alpha value is -0.340. The minimum Gasteiger partial charge on any atom is -0.393 e. The molecule has 1 N–H and O–H groups in total. The third kappa shape index (κ3) is 2.82. The molecule has 0 aliphatic carbocycles. The second-order valence-electron chi connectivity index (χ2n) is 3.67. The summed E-state index contributed by atoms with van der Waals surface area (Å²) in [6.45, 7) is 4.16. The first-order chi connectivity index (χ1) is 6.66. The van der Waals surface area contributed by atoms with Gasteiger partial charge in [-0.05, 0) is 18.1 Å². The van der Waals surface area contributed by atoms with Gasteiger partial charge in [0.2, 0.25) is 0 Å². The van der Waals surface area contributed by atoms with Gasteiger partial charge in [0.15, 0.2) is 0 Å². The van der Waals surface area contributed by atoms with Crippen LogP contribution >= 0.6 is 15.9 Å². The number of hydrogen-bond donors (Lipinski definition) is 1. The molecule has 0 bridgehead atoms. The highest BCUT2D eigenvalue weighted by Crippen LogP contribution is 2.28. The van der Waals surface area contributed by atoms with Gasteiger partial charge in [-0.2, -0.15) is 0 Å². The lowest BCUT2D eigenvalue weighted by atomic mass is 9.93. The molecule has 1 nitrogen and oxygen atoms in total.